The van der Waals surface area contributed by atoms with E-state index in [0.29, 0.717) is 5.82 Å². The Balaban J connectivity index is 2.32. The Kier molecular flexibility index (Phi) is 4.57. The molecule has 0 aliphatic rings. The molecule has 0 fully saturated rings. The zero-order chi connectivity index (χ0) is 15.6. The summed E-state index contributed by atoms with van der Waals surface area (Å²) in [5, 5.41) is 2.84. The molecule has 1 amide bonds. The van der Waals surface area contributed by atoms with Crippen LogP contribution in [-0.4, -0.2) is 15.9 Å². The topological polar surface area (TPSA) is 80.9 Å². The second-order valence-electron chi connectivity index (χ2n) is 5.10. The monoisotopic (exact) mass is 348 g/mol. The van der Waals surface area contributed by atoms with Crippen molar-refractivity contribution < 1.29 is 4.79 Å². The number of carbonyl (C=O) groups is 1. The van der Waals surface area contributed by atoms with E-state index in [9.17, 15) is 4.79 Å². The summed E-state index contributed by atoms with van der Waals surface area (Å²) in [5.41, 5.74) is 7.97. The Morgan fingerprint density at radius 2 is 2.10 bits per heavy atom. The Hall–Kier alpha value is -1.95. The number of carbonyl (C=O) groups excluding carboxylic acids is 1. The fourth-order valence-corrected chi connectivity index (χ4v) is 2.14. The van der Waals surface area contributed by atoms with Crippen molar-refractivity contribution in [3.05, 3.63) is 46.0 Å². The molecule has 1 aromatic heterocycles. The van der Waals surface area contributed by atoms with Gasteiger partial charge in [-0.3, -0.25) is 4.79 Å². The fraction of sp³-hybridized carbons (Fsp3) is 0.267. The maximum Gasteiger partial charge on any atom is 0.276 e. The second kappa shape index (κ2) is 6.22. The van der Waals surface area contributed by atoms with Gasteiger partial charge in [0.15, 0.2) is 5.69 Å². The first-order valence-electron chi connectivity index (χ1n) is 6.58. The van der Waals surface area contributed by atoms with E-state index in [0.717, 1.165) is 15.7 Å². The van der Waals surface area contributed by atoms with Crippen LogP contribution in [0.1, 0.15) is 41.6 Å². The van der Waals surface area contributed by atoms with Crippen molar-refractivity contribution in [2.75, 3.05) is 11.1 Å². The highest BCUT2D eigenvalue weighted by atomic mass is 79.9. The lowest BCUT2D eigenvalue weighted by molar-refractivity contribution is 0.102. The molecule has 0 aliphatic heterocycles. The third kappa shape index (κ3) is 3.58. The quantitative estimate of drug-likeness (QED) is 0.889. The van der Waals surface area contributed by atoms with Crippen molar-refractivity contribution in [1.29, 1.82) is 0 Å². The van der Waals surface area contributed by atoms with E-state index in [2.05, 4.69) is 31.2 Å². The third-order valence-corrected chi connectivity index (χ3v) is 3.51. The standard InChI is InChI=1S/C15H17BrN4O/c1-8(2)14-18-7-11(17)13(20-14)15(21)19-12-6-10(16)5-4-9(12)3/h4-8H,17H2,1-3H3,(H,19,21). The third-order valence-electron chi connectivity index (χ3n) is 3.01. The zero-order valence-electron chi connectivity index (χ0n) is 12.1. The molecule has 0 atom stereocenters. The number of aromatic nitrogens is 2. The number of hydrogen-bond acceptors (Lipinski definition) is 4. The zero-order valence-corrected chi connectivity index (χ0v) is 13.7. The molecule has 2 aromatic rings. The molecule has 0 radical (unpaired) electrons. The summed E-state index contributed by atoms with van der Waals surface area (Å²) in [6.07, 6.45) is 1.48. The minimum absolute atomic E-state index is 0.129. The minimum Gasteiger partial charge on any atom is -0.396 e. The molecule has 0 unspecified atom stereocenters. The molecular formula is C15H17BrN4O. The van der Waals surface area contributed by atoms with Gasteiger partial charge in [0.05, 0.1) is 11.9 Å². The van der Waals surface area contributed by atoms with Gasteiger partial charge < -0.3 is 11.1 Å². The van der Waals surface area contributed by atoms with Crippen LogP contribution in [0.4, 0.5) is 11.4 Å². The van der Waals surface area contributed by atoms with Gasteiger partial charge in [0, 0.05) is 16.1 Å². The van der Waals surface area contributed by atoms with E-state index in [1.165, 1.54) is 6.20 Å². The van der Waals surface area contributed by atoms with Crippen LogP contribution in [0.25, 0.3) is 0 Å². The van der Waals surface area contributed by atoms with Crippen LogP contribution in [0.3, 0.4) is 0 Å². The number of halogens is 1. The summed E-state index contributed by atoms with van der Waals surface area (Å²) in [6.45, 7) is 5.85. The first-order chi connectivity index (χ1) is 9.88. The maximum absolute atomic E-state index is 12.4. The van der Waals surface area contributed by atoms with Gasteiger partial charge in [-0.05, 0) is 24.6 Å². The lowest BCUT2D eigenvalue weighted by Crippen LogP contribution is -2.18. The molecular weight excluding hydrogens is 332 g/mol. The van der Waals surface area contributed by atoms with Gasteiger partial charge in [0.25, 0.3) is 5.91 Å². The number of nitrogen functional groups attached to an aromatic ring is 1. The van der Waals surface area contributed by atoms with Gasteiger partial charge in [0.1, 0.15) is 5.82 Å². The largest absolute Gasteiger partial charge is 0.396 e. The number of aryl methyl sites for hydroxylation is 1. The van der Waals surface area contributed by atoms with Crippen molar-refractivity contribution in [2.45, 2.75) is 26.7 Å². The minimum atomic E-state index is -0.335. The number of rotatable bonds is 3. The van der Waals surface area contributed by atoms with Crippen molar-refractivity contribution in [1.82, 2.24) is 9.97 Å². The summed E-state index contributed by atoms with van der Waals surface area (Å²) in [5.74, 6) is 0.392. The summed E-state index contributed by atoms with van der Waals surface area (Å²) in [6, 6.07) is 5.68. The maximum atomic E-state index is 12.4. The van der Waals surface area contributed by atoms with E-state index in [-0.39, 0.29) is 23.2 Å². The Bertz CT molecular complexity index is 685. The normalized spacial score (nSPS) is 10.7. The molecule has 1 aromatic carbocycles. The van der Waals surface area contributed by atoms with Gasteiger partial charge in [-0.2, -0.15) is 0 Å². The first kappa shape index (κ1) is 15.4. The molecule has 110 valence electrons. The van der Waals surface area contributed by atoms with Gasteiger partial charge in [-0.15, -0.1) is 0 Å². The van der Waals surface area contributed by atoms with E-state index < -0.39 is 0 Å². The van der Waals surface area contributed by atoms with Crippen LogP contribution in [-0.2, 0) is 0 Å². The molecule has 0 bridgehead atoms. The molecule has 21 heavy (non-hydrogen) atoms. The predicted molar refractivity (Wildman–Crippen MR) is 87.4 cm³/mol. The lowest BCUT2D eigenvalue weighted by Gasteiger charge is -2.11. The predicted octanol–water partition coefficient (Wildman–Crippen LogP) is 3.51. The van der Waals surface area contributed by atoms with E-state index >= 15 is 0 Å². The van der Waals surface area contributed by atoms with Gasteiger partial charge in [-0.1, -0.05) is 35.8 Å². The number of anilines is 2. The molecule has 6 heteroatoms. The molecule has 1 heterocycles. The van der Waals surface area contributed by atoms with Crippen LogP contribution in [0, 0.1) is 6.92 Å². The molecule has 2 rings (SSSR count). The van der Waals surface area contributed by atoms with Crippen molar-refractivity contribution in [3.63, 3.8) is 0 Å². The highest BCUT2D eigenvalue weighted by Crippen LogP contribution is 2.22. The second-order valence-corrected chi connectivity index (χ2v) is 6.02. The molecule has 5 nitrogen and oxygen atoms in total. The number of nitrogens with two attached hydrogens (primary N) is 1. The van der Waals surface area contributed by atoms with Crippen LogP contribution in [0.2, 0.25) is 0 Å². The van der Waals surface area contributed by atoms with Crippen LogP contribution in [0.15, 0.2) is 28.9 Å². The fourth-order valence-electron chi connectivity index (χ4n) is 1.78. The van der Waals surface area contributed by atoms with Crippen molar-refractivity contribution in [2.24, 2.45) is 0 Å². The van der Waals surface area contributed by atoms with E-state index in [1.54, 1.807) is 0 Å². The molecule has 3 N–H and O–H groups in total. The van der Waals surface area contributed by atoms with Gasteiger partial charge >= 0.3 is 0 Å². The molecule has 0 spiro atoms. The van der Waals surface area contributed by atoms with Gasteiger partial charge in [0.2, 0.25) is 0 Å². The Morgan fingerprint density at radius 3 is 2.76 bits per heavy atom. The number of benzene rings is 1. The Labute approximate surface area is 132 Å². The average Bonchev–Trinajstić information content (AvgIpc) is 2.43. The molecule has 0 saturated heterocycles. The highest BCUT2D eigenvalue weighted by Gasteiger charge is 2.16. The molecule has 0 saturated carbocycles. The summed E-state index contributed by atoms with van der Waals surface area (Å²) in [7, 11) is 0. The highest BCUT2D eigenvalue weighted by molar-refractivity contribution is 9.10. The number of nitrogens with one attached hydrogen (secondary N) is 1. The van der Waals surface area contributed by atoms with Crippen molar-refractivity contribution in [3.8, 4) is 0 Å². The lowest BCUT2D eigenvalue weighted by atomic mass is 10.2. The van der Waals surface area contributed by atoms with E-state index in [4.69, 9.17) is 5.73 Å². The number of hydrogen-bond donors (Lipinski definition) is 2. The summed E-state index contributed by atoms with van der Waals surface area (Å²) in [4.78, 5) is 20.8. The van der Waals surface area contributed by atoms with Crippen LogP contribution >= 0.6 is 15.9 Å². The number of nitrogens with zero attached hydrogens (tertiary/aromatic N) is 2. The molecule has 0 aliphatic carbocycles. The average molecular weight is 349 g/mol. The summed E-state index contributed by atoms with van der Waals surface area (Å²) < 4.78 is 0.891. The smallest absolute Gasteiger partial charge is 0.276 e. The van der Waals surface area contributed by atoms with Crippen LogP contribution < -0.4 is 11.1 Å². The number of amides is 1. The SMILES string of the molecule is Cc1ccc(Br)cc1NC(=O)c1nc(C(C)C)ncc1N. The Morgan fingerprint density at radius 1 is 1.38 bits per heavy atom. The van der Waals surface area contributed by atoms with Gasteiger partial charge in [-0.25, -0.2) is 9.97 Å². The summed E-state index contributed by atoms with van der Waals surface area (Å²) >= 11 is 3.39. The first-order valence-corrected chi connectivity index (χ1v) is 7.37. The van der Waals surface area contributed by atoms with E-state index in [1.807, 2.05) is 39.0 Å². The van der Waals surface area contributed by atoms with Crippen molar-refractivity contribution >= 4 is 33.2 Å². The van der Waals surface area contributed by atoms with Crippen LogP contribution in [0.5, 0.6) is 0 Å².